The maximum atomic E-state index is 12.5. The minimum atomic E-state index is -0.989. The van der Waals surface area contributed by atoms with Crippen LogP contribution in [-0.2, 0) is 9.59 Å². The molecule has 1 atom stereocenters. The fourth-order valence-corrected chi connectivity index (χ4v) is 3.56. The van der Waals surface area contributed by atoms with E-state index in [1.165, 1.54) is 5.01 Å². The van der Waals surface area contributed by atoms with Crippen molar-refractivity contribution in [1.29, 1.82) is 0 Å². The Bertz CT molecular complexity index is 801. The number of hydrogen-bond acceptors (Lipinski definition) is 5. The first kappa shape index (κ1) is 17.2. The van der Waals surface area contributed by atoms with E-state index in [1.54, 1.807) is 18.4 Å². The number of amides is 1. The molecule has 2 heterocycles. The quantitative estimate of drug-likeness (QED) is 0.859. The van der Waals surface area contributed by atoms with Crippen molar-refractivity contribution < 1.29 is 19.4 Å². The van der Waals surface area contributed by atoms with Crippen LogP contribution < -0.4 is 4.74 Å². The molecule has 1 aliphatic rings. The standard InChI is InChI=1S/C18H18N2O4S/c1-24-13-5-2-4-12(10-13)14-11-15(16-6-3-9-25-16)20(19-14)17(21)7-8-18(22)23/h2-6,9-10,15H,7-8,11H2,1H3,(H,22,23)/t15-/m1/s1. The zero-order chi connectivity index (χ0) is 17.8. The van der Waals surface area contributed by atoms with Crippen molar-refractivity contribution in [2.45, 2.75) is 25.3 Å². The van der Waals surface area contributed by atoms with Crippen molar-refractivity contribution in [3.05, 3.63) is 52.2 Å². The molecule has 0 radical (unpaired) electrons. The average Bonchev–Trinajstić information content (AvgIpc) is 3.28. The van der Waals surface area contributed by atoms with E-state index in [4.69, 9.17) is 9.84 Å². The van der Waals surface area contributed by atoms with Crippen molar-refractivity contribution in [2.24, 2.45) is 5.10 Å². The molecular formula is C18H18N2O4S. The van der Waals surface area contributed by atoms with Gasteiger partial charge in [0.15, 0.2) is 0 Å². The summed E-state index contributed by atoms with van der Waals surface area (Å²) in [5, 5.41) is 16.7. The SMILES string of the molecule is COc1cccc(C2=NN(C(=O)CCC(=O)O)[C@@H](c3cccs3)C2)c1. The summed E-state index contributed by atoms with van der Waals surface area (Å²) >= 11 is 1.56. The van der Waals surface area contributed by atoms with Gasteiger partial charge in [-0.25, -0.2) is 5.01 Å². The molecule has 0 fully saturated rings. The maximum absolute atomic E-state index is 12.5. The van der Waals surface area contributed by atoms with Gasteiger partial charge in [0.2, 0.25) is 5.91 Å². The van der Waals surface area contributed by atoms with Crippen molar-refractivity contribution >= 4 is 28.9 Å². The zero-order valence-electron chi connectivity index (χ0n) is 13.7. The van der Waals surface area contributed by atoms with Gasteiger partial charge in [0.05, 0.1) is 25.3 Å². The van der Waals surface area contributed by atoms with Gasteiger partial charge < -0.3 is 9.84 Å². The minimum Gasteiger partial charge on any atom is -0.497 e. The Morgan fingerprint density at radius 3 is 2.84 bits per heavy atom. The molecule has 1 aromatic heterocycles. The summed E-state index contributed by atoms with van der Waals surface area (Å²) in [7, 11) is 1.60. The number of rotatable bonds is 6. The molecule has 7 heteroatoms. The lowest BCUT2D eigenvalue weighted by molar-refractivity contribution is -0.141. The van der Waals surface area contributed by atoms with E-state index in [-0.39, 0.29) is 24.8 Å². The Labute approximate surface area is 149 Å². The predicted molar refractivity (Wildman–Crippen MR) is 94.9 cm³/mol. The first-order chi connectivity index (χ1) is 12.1. The zero-order valence-corrected chi connectivity index (χ0v) is 14.5. The Morgan fingerprint density at radius 2 is 2.16 bits per heavy atom. The molecule has 0 aliphatic carbocycles. The Morgan fingerprint density at radius 1 is 1.32 bits per heavy atom. The van der Waals surface area contributed by atoms with E-state index in [0.29, 0.717) is 6.42 Å². The van der Waals surface area contributed by atoms with Crippen LogP contribution in [0.5, 0.6) is 5.75 Å². The highest BCUT2D eigenvalue weighted by molar-refractivity contribution is 7.10. The Kier molecular flexibility index (Phi) is 5.14. The van der Waals surface area contributed by atoms with Gasteiger partial charge in [-0.05, 0) is 23.6 Å². The lowest BCUT2D eigenvalue weighted by Gasteiger charge is -2.20. The second-order valence-corrected chi connectivity index (χ2v) is 6.63. The van der Waals surface area contributed by atoms with Gasteiger partial charge in [0, 0.05) is 23.3 Å². The Balaban J connectivity index is 1.88. The maximum Gasteiger partial charge on any atom is 0.303 e. The van der Waals surface area contributed by atoms with Gasteiger partial charge in [-0.2, -0.15) is 5.10 Å². The number of carbonyl (C=O) groups excluding carboxylic acids is 1. The molecule has 1 amide bonds. The molecule has 0 saturated heterocycles. The summed E-state index contributed by atoms with van der Waals surface area (Å²) in [6, 6.07) is 11.3. The van der Waals surface area contributed by atoms with E-state index in [9.17, 15) is 9.59 Å². The second-order valence-electron chi connectivity index (χ2n) is 5.65. The monoisotopic (exact) mass is 358 g/mol. The van der Waals surface area contributed by atoms with E-state index in [1.807, 2.05) is 41.8 Å². The molecule has 0 spiro atoms. The fourth-order valence-electron chi connectivity index (χ4n) is 2.75. The number of methoxy groups -OCH3 is 1. The summed E-state index contributed by atoms with van der Waals surface area (Å²) in [4.78, 5) is 24.3. The highest BCUT2D eigenvalue weighted by Crippen LogP contribution is 2.36. The highest BCUT2D eigenvalue weighted by atomic mass is 32.1. The van der Waals surface area contributed by atoms with Crippen LogP contribution in [-0.4, -0.2) is 34.8 Å². The molecule has 2 aromatic rings. The van der Waals surface area contributed by atoms with Crippen molar-refractivity contribution in [3.8, 4) is 5.75 Å². The third kappa shape index (κ3) is 3.88. The number of benzene rings is 1. The number of aliphatic carboxylic acids is 1. The third-order valence-corrected chi connectivity index (χ3v) is 4.97. The number of nitrogens with zero attached hydrogens (tertiary/aromatic N) is 2. The fraction of sp³-hybridized carbons (Fsp3) is 0.278. The molecule has 0 bridgehead atoms. The minimum absolute atomic E-state index is 0.0634. The van der Waals surface area contributed by atoms with Crippen LogP contribution in [0, 0.1) is 0 Å². The molecule has 0 saturated carbocycles. The van der Waals surface area contributed by atoms with Gasteiger partial charge in [-0.3, -0.25) is 9.59 Å². The van der Waals surface area contributed by atoms with Crippen LogP contribution in [0.25, 0.3) is 0 Å². The van der Waals surface area contributed by atoms with E-state index in [2.05, 4.69) is 5.10 Å². The average molecular weight is 358 g/mol. The molecular weight excluding hydrogens is 340 g/mol. The number of carbonyl (C=O) groups is 2. The van der Waals surface area contributed by atoms with E-state index < -0.39 is 5.97 Å². The molecule has 3 rings (SSSR count). The highest BCUT2D eigenvalue weighted by Gasteiger charge is 2.33. The Hall–Kier alpha value is -2.67. The molecule has 25 heavy (non-hydrogen) atoms. The van der Waals surface area contributed by atoms with Crippen LogP contribution in [0.1, 0.15) is 35.7 Å². The largest absolute Gasteiger partial charge is 0.497 e. The number of carboxylic acids is 1. The lowest BCUT2D eigenvalue weighted by Crippen LogP contribution is -2.26. The molecule has 0 unspecified atom stereocenters. The molecule has 1 aromatic carbocycles. The smallest absolute Gasteiger partial charge is 0.303 e. The van der Waals surface area contributed by atoms with Gasteiger partial charge >= 0.3 is 5.97 Å². The van der Waals surface area contributed by atoms with Crippen LogP contribution >= 0.6 is 11.3 Å². The molecule has 6 nitrogen and oxygen atoms in total. The van der Waals surface area contributed by atoms with Crippen molar-refractivity contribution in [3.63, 3.8) is 0 Å². The third-order valence-electron chi connectivity index (χ3n) is 3.99. The van der Waals surface area contributed by atoms with E-state index in [0.717, 1.165) is 21.9 Å². The molecule has 1 N–H and O–H groups in total. The number of hydrogen-bond donors (Lipinski definition) is 1. The second kappa shape index (κ2) is 7.48. The van der Waals surface area contributed by atoms with Crippen LogP contribution in [0.2, 0.25) is 0 Å². The van der Waals surface area contributed by atoms with Gasteiger partial charge in [0.25, 0.3) is 0 Å². The van der Waals surface area contributed by atoms with Crippen molar-refractivity contribution in [2.75, 3.05) is 7.11 Å². The summed E-state index contributed by atoms with van der Waals surface area (Å²) in [6.07, 6.45) is 0.328. The first-order valence-electron chi connectivity index (χ1n) is 7.87. The normalized spacial score (nSPS) is 16.6. The first-order valence-corrected chi connectivity index (χ1v) is 8.75. The molecule has 130 valence electrons. The summed E-state index contributed by atoms with van der Waals surface area (Å²) in [5.41, 5.74) is 1.69. The van der Waals surface area contributed by atoms with Gasteiger partial charge in [-0.1, -0.05) is 18.2 Å². The van der Waals surface area contributed by atoms with E-state index >= 15 is 0 Å². The number of thiophene rings is 1. The predicted octanol–water partition coefficient (Wildman–Crippen LogP) is 3.30. The van der Waals surface area contributed by atoms with Crippen molar-refractivity contribution in [1.82, 2.24) is 5.01 Å². The van der Waals surface area contributed by atoms with Crippen LogP contribution in [0.3, 0.4) is 0 Å². The number of carboxylic acid groups (broad SMARTS) is 1. The van der Waals surface area contributed by atoms with Crippen LogP contribution in [0.15, 0.2) is 46.9 Å². The summed E-state index contributed by atoms with van der Waals surface area (Å²) < 4.78 is 5.25. The number of hydrazone groups is 1. The van der Waals surface area contributed by atoms with Crippen LogP contribution in [0.4, 0.5) is 0 Å². The number of ether oxygens (including phenoxy) is 1. The topological polar surface area (TPSA) is 79.2 Å². The van der Waals surface area contributed by atoms with Gasteiger partial charge in [-0.15, -0.1) is 11.3 Å². The molecule has 1 aliphatic heterocycles. The van der Waals surface area contributed by atoms with Gasteiger partial charge in [0.1, 0.15) is 5.75 Å². The summed E-state index contributed by atoms with van der Waals surface area (Å²) in [5.74, 6) is -0.542. The lowest BCUT2D eigenvalue weighted by atomic mass is 10.0. The summed E-state index contributed by atoms with van der Waals surface area (Å²) in [6.45, 7) is 0.